The van der Waals surface area contributed by atoms with E-state index in [1.54, 1.807) is 24.8 Å². The molecule has 2 atom stereocenters. The maximum absolute atomic E-state index is 13.0. The summed E-state index contributed by atoms with van der Waals surface area (Å²) in [6.45, 7) is 9.98. The number of nitrogens with zero attached hydrogens (tertiary/aromatic N) is 7. The molecular formula is C25H28ClN7O2. The van der Waals surface area contributed by atoms with E-state index in [2.05, 4.69) is 26.5 Å². The van der Waals surface area contributed by atoms with Crippen LogP contribution in [0, 0.1) is 11.8 Å². The number of amides is 1. The lowest BCUT2D eigenvalue weighted by Gasteiger charge is -2.22. The predicted octanol–water partition coefficient (Wildman–Crippen LogP) is 4.12. The summed E-state index contributed by atoms with van der Waals surface area (Å²) in [4.78, 5) is 27.1. The molecule has 2 saturated heterocycles. The fourth-order valence-corrected chi connectivity index (χ4v) is 5.00. The summed E-state index contributed by atoms with van der Waals surface area (Å²) in [7, 11) is 1.91. The maximum atomic E-state index is 13.0. The van der Waals surface area contributed by atoms with Crippen LogP contribution in [0.5, 0.6) is 11.5 Å². The van der Waals surface area contributed by atoms with Crippen LogP contribution in [0.4, 0.5) is 10.5 Å². The van der Waals surface area contributed by atoms with Gasteiger partial charge in [-0.15, -0.1) is 0 Å². The minimum atomic E-state index is -0.0743. The molecule has 1 amide bonds. The Hall–Kier alpha value is -3.43. The van der Waals surface area contributed by atoms with Crippen LogP contribution in [0.25, 0.3) is 0 Å². The first kappa shape index (κ1) is 23.3. The van der Waals surface area contributed by atoms with E-state index in [9.17, 15) is 4.79 Å². The Morgan fingerprint density at radius 1 is 1.14 bits per heavy atom. The molecule has 3 aromatic rings. The lowest BCUT2D eigenvalue weighted by atomic mass is 10.0. The van der Waals surface area contributed by atoms with E-state index in [0.29, 0.717) is 28.4 Å². The largest absolute Gasteiger partial charge is 0.454 e. The summed E-state index contributed by atoms with van der Waals surface area (Å²) >= 11 is 6.56. The van der Waals surface area contributed by atoms with Gasteiger partial charge in [0.05, 0.1) is 30.5 Å². The van der Waals surface area contributed by atoms with Gasteiger partial charge >= 0.3 is 6.03 Å². The molecule has 0 aliphatic carbocycles. The Kier molecular flexibility index (Phi) is 6.44. The number of rotatable bonds is 6. The standard InChI is InChI=1S/C25H28ClN7O2/c1-17(2)30(3)21-7-29-33(15-21)25(34)32-13-19-11-31(12-20(19)14-32)10-18-4-5-22(6-24(18)26)35-23-8-27-16-28-9-23/h4-9,15-16,19-20H,1,10-14H2,2-3H3. The molecule has 0 radical (unpaired) electrons. The number of carbonyl (C=O) groups is 1. The van der Waals surface area contributed by atoms with Crippen LogP contribution >= 0.6 is 11.6 Å². The Bertz CT molecular complexity index is 1220. The molecule has 35 heavy (non-hydrogen) atoms. The SMILES string of the molecule is C=C(C)N(C)c1cnn(C(=O)N2CC3CN(Cc4ccc(Oc5cncnc5)cc4Cl)CC3C2)c1. The van der Waals surface area contributed by atoms with Crippen LogP contribution in [-0.2, 0) is 6.54 Å². The van der Waals surface area contributed by atoms with Crippen molar-refractivity contribution >= 4 is 23.3 Å². The second kappa shape index (κ2) is 9.67. The van der Waals surface area contributed by atoms with E-state index in [1.165, 1.54) is 11.0 Å². The maximum Gasteiger partial charge on any atom is 0.344 e. The first-order valence-corrected chi connectivity index (χ1v) is 11.9. The van der Waals surface area contributed by atoms with Gasteiger partial charge in [0, 0.05) is 50.5 Å². The third-order valence-corrected chi connectivity index (χ3v) is 7.10. The van der Waals surface area contributed by atoms with Gasteiger partial charge in [-0.3, -0.25) is 4.90 Å². The molecule has 2 aromatic heterocycles. The first-order valence-electron chi connectivity index (χ1n) is 11.5. The summed E-state index contributed by atoms with van der Waals surface area (Å²) in [5.74, 6) is 2.12. The summed E-state index contributed by atoms with van der Waals surface area (Å²) in [5.41, 5.74) is 2.80. The molecule has 10 heteroatoms. The van der Waals surface area contributed by atoms with Crippen LogP contribution in [0.3, 0.4) is 0 Å². The quantitative estimate of drug-likeness (QED) is 0.511. The fourth-order valence-electron chi connectivity index (χ4n) is 4.77. The van der Waals surface area contributed by atoms with Crippen molar-refractivity contribution in [1.82, 2.24) is 29.5 Å². The molecular weight excluding hydrogens is 466 g/mol. The Morgan fingerprint density at radius 2 is 1.86 bits per heavy atom. The van der Waals surface area contributed by atoms with Crippen molar-refractivity contribution in [2.24, 2.45) is 11.8 Å². The number of ether oxygens (including phenoxy) is 1. The van der Waals surface area contributed by atoms with E-state index in [0.717, 1.165) is 49.7 Å². The van der Waals surface area contributed by atoms with Crippen molar-refractivity contribution < 1.29 is 9.53 Å². The molecule has 1 aromatic carbocycles. The highest BCUT2D eigenvalue weighted by molar-refractivity contribution is 6.31. The van der Waals surface area contributed by atoms with Gasteiger partial charge in [-0.2, -0.15) is 9.78 Å². The number of anilines is 1. The van der Waals surface area contributed by atoms with E-state index >= 15 is 0 Å². The van der Waals surface area contributed by atoms with Crippen LogP contribution in [0.15, 0.2) is 61.6 Å². The molecule has 0 N–H and O–H groups in total. The Morgan fingerprint density at radius 3 is 2.51 bits per heavy atom. The van der Waals surface area contributed by atoms with Gasteiger partial charge in [-0.1, -0.05) is 24.2 Å². The summed E-state index contributed by atoms with van der Waals surface area (Å²) in [6, 6.07) is 5.66. The van der Waals surface area contributed by atoms with Crippen LogP contribution < -0.4 is 9.64 Å². The molecule has 5 rings (SSSR count). The van der Waals surface area contributed by atoms with E-state index in [4.69, 9.17) is 16.3 Å². The monoisotopic (exact) mass is 493 g/mol. The number of hydrogen-bond donors (Lipinski definition) is 0. The highest BCUT2D eigenvalue weighted by atomic mass is 35.5. The normalized spacial score (nSPS) is 19.6. The number of benzene rings is 1. The molecule has 0 spiro atoms. The molecule has 2 aliphatic rings. The van der Waals surface area contributed by atoms with Gasteiger partial charge in [0.1, 0.15) is 12.1 Å². The third-order valence-electron chi connectivity index (χ3n) is 6.75. The van der Waals surface area contributed by atoms with Crippen LogP contribution in [0.2, 0.25) is 5.02 Å². The highest BCUT2D eigenvalue weighted by Gasteiger charge is 2.42. The van der Waals surface area contributed by atoms with Gasteiger partial charge in [0.2, 0.25) is 0 Å². The zero-order valence-electron chi connectivity index (χ0n) is 19.8. The number of allylic oxidation sites excluding steroid dienone is 1. The van der Waals surface area contributed by atoms with Gasteiger partial charge in [-0.05, 0) is 36.5 Å². The van der Waals surface area contributed by atoms with Crippen LogP contribution in [-0.4, -0.2) is 68.8 Å². The van der Waals surface area contributed by atoms with Crippen molar-refractivity contribution in [3.05, 3.63) is 72.2 Å². The Balaban J connectivity index is 1.16. The molecule has 4 heterocycles. The van der Waals surface area contributed by atoms with Gasteiger partial charge in [-0.25, -0.2) is 14.8 Å². The molecule has 2 aliphatic heterocycles. The minimum absolute atomic E-state index is 0.0743. The summed E-state index contributed by atoms with van der Waals surface area (Å²) in [5, 5.41) is 4.94. The topological polar surface area (TPSA) is 79.6 Å². The third kappa shape index (κ3) is 5.01. The van der Waals surface area contributed by atoms with Crippen molar-refractivity contribution in [1.29, 1.82) is 0 Å². The van der Waals surface area contributed by atoms with Gasteiger partial charge in [0.15, 0.2) is 5.75 Å². The fraction of sp³-hybridized carbons (Fsp3) is 0.360. The molecule has 2 unspecified atom stereocenters. The van der Waals surface area contributed by atoms with Crippen molar-refractivity contribution in [2.75, 3.05) is 38.1 Å². The van der Waals surface area contributed by atoms with Crippen molar-refractivity contribution in [2.45, 2.75) is 13.5 Å². The zero-order valence-corrected chi connectivity index (χ0v) is 20.6. The summed E-state index contributed by atoms with van der Waals surface area (Å²) < 4.78 is 7.20. The second-order valence-electron chi connectivity index (χ2n) is 9.27. The lowest BCUT2D eigenvalue weighted by Crippen LogP contribution is -2.36. The zero-order chi connectivity index (χ0) is 24.5. The number of halogens is 1. The predicted molar refractivity (Wildman–Crippen MR) is 134 cm³/mol. The average Bonchev–Trinajstić information content (AvgIpc) is 3.56. The molecule has 9 nitrogen and oxygen atoms in total. The number of likely N-dealkylation sites (tertiary alicyclic amines) is 2. The number of fused-ring (bicyclic) bond motifs is 1. The van der Waals surface area contributed by atoms with Crippen molar-refractivity contribution in [3.8, 4) is 11.5 Å². The smallest absolute Gasteiger partial charge is 0.344 e. The molecule has 182 valence electrons. The van der Waals surface area contributed by atoms with Crippen molar-refractivity contribution in [3.63, 3.8) is 0 Å². The second-order valence-corrected chi connectivity index (χ2v) is 9.68. The van der Waals surface area contributed by atoms with E-state index in [-0.39, 0.29) is 6.03 Å². The minimum Gasteiger partial charge on any atom is -0.454 e. The van der Waals surface area contributed by atoms with E-state index < -0.39 is 0 Å². The number of aromatic nitrogens is 4. The highest BCUT2D eigenvalue weighted by Crippen LogP contribution is 2.34. The average molecular weight is 494 g/mol. The molecule has 2 fully saturated rings. The summed E-state index contributed by atoms with van der Waals surface area (Å²) in [6.07, 6.45) is 8.13. The van der Waals surface area contributed by atoms with E-state index in [1.807, 2.05) is 42.0 Å². The molecule has 0 bridgehead atoms. The van der Waals surface area contributed by atoms with Gasteiger partial charge in [0.25, 0.3) is 0 Å². The molecule has 0 saturated carbocycles. The number of carbonyl (C=O) groups excluding carboxylic acids is 1. The van der Waals surface area contributed by atoms with Gasteiger partial charge < -0.3 is 14.5 Å². The van der Waals surface area contributed by atoms with Crippen LogP contribution in [0.1, 0.15) is 12.5 Å². The lowest BCUT2D eigenvalue weighted by molar-refractivity contribution is 0.197. The number of hydrogen-bond acceptors (Lipinski definition) is 7. The Labute approximate surface area is 209 Å². The first-order chi connectivity index (χ1) is 16.9.